The third-order valence-electron chi connectivity index (χ3n) is 3.90. The molecule has 26 heavy (non-hydrogen) atoms. The fourth-order valence-corrected chi connectivity index (χ4v) is 2.75. The molecule has 2 atom stereocenters. The van der Waals surface area contributed by atoms with Gasteiger partial charge in [0.15, 0.2) is 12.3 Å². The Kier molecular flexibility index (Phi) is 5.53. The van der Waals surface area contributed by atoms with E-state index in [0.717, 1.165) is 0 Å². The molecule has 0 bridgehead atoms. The number of ether oxygens (including phenoxy) is 2. The van der Waals surface area contributed by atoms with Gasteiger partial charge in [0.2, 0.25) is 5.89 Å². The standard InChI is InChI=1S/C18H21FN2O5/c1-11(2)26-16-8-21(7-15(16)22)18(23)14-9-25-17(20-14)10-24-13-5-3-4-12(19)6-13/h3-6,9,11,15-16,22H,7-8,10H2,1-2H3/t15-,16-/m0/s1. The van der Waals surface area contributed by atoms with Gasteiger partial charge in [0.05, 0.1) is 12.2 Å². The van der Waals surface area contributed by atoms with Crippen LogP contribution in [0, 0.1) is 5.82 Å². The van der Waals surface area contributed by atoms with Crippen molar-refractivity contribution in [2.24, 2.45) is 0 Å². The number of benzene rings is 1. The molecule has 1 amide bonds. The highest BCUT2D eigenvalue weighted by atomic mass is 19.1. The van der Waals surface area contributed by atoms with Crippen molar-refractivity contribution in [1.82, 2.24) is 9.88 Å². The van der Waals surface area contributed by atoms with Crippen LogP contribution in [0.1, 0.15) is 30.2 Å². The number of hydrogen-bond donors (Lipinski definition) is 1. The lowest BCUT2D eigenvalue weighted by atomic mass is 10.2. The third kappa shape index (κ3) is 4.39. The number of aromatic nitrogens is 1. The summed E-state index contributed by atoms with van der Waals surface area (Å²) in [5.41, 5.74) is 0.125. The second kappa shape index (κ2) is 7.84. The molecule has 0 spiro atoms. The van der Waals surface area contributed by atoms with Gasteiger partial charge in [-0.3, -0.25) is 4.79 Å². The van der Waals surface area contributed by atoms with Crippen molar-refractivity contribution >= 4 is 5.91 Å². The summed E-state index contributed by atoms with van der Waals surface area (Å²) in [5.74, 6) is -0.212. The lowest BCUT2D eigenvalue weighted by Gasteiger charge is -2.17. The number of oxazole rings is 1. The zero-order chi connectivity index (χ0) is 18.7. The van der Waals surface area contributed by atoms with Gasteiger partial charge in [-0.25, -0.2) is 9.37 Å². The van der Waals surface area contributed by atoms with Gasteiger partial charge in [-0.2, -0.15) is 0 Å². The number of nitrogens with zero attached hydrogens (tertiary/aromatic N) is 2. The lowest BCUT2D eigenvalue weighted by Crippen LogP contribution is -2.31. The van der Waals surface area contributed by atoms with Gasteiger partial charge in [0.25, 0.3) is 5.91 Å². The Hall–Kier alpha value is -2.45. The van der Waals surface area contributed by atoms with Crippen LogP contribution in [0.2, 0.25) is 0 Å². The Morgan fingerprint density at radius 2 is 2.27 bits per heavy atom. The lowest BCUT2D eigenvalue weighted by molar-refractivity contribution is -0.0394. The molecule has 1 fully saturated rings. The first-order valence-electron chi connectivity index (χ1n) is 8.38. The van der Waals surface area contributed by atoms with Crippen LogP contribution in [0.4, 0.5) is 4.39 Å². The molecule has 1 aromatic carbocycles. The van der Waals surface area contributed by atoms with E-state index in [1.807, 2.05) is 13.8 Å². The molecule has 0 saturated carbocycles. The van der Waals surface area contributed by atoms with E-state index in [1.165, 1.54) is 29.4 Å². The van der Waals surface area contributed by atoms with Crippen molar-refractivity contribution in [2.45, 2.75) is 38.8 Å². The molecule has 7 nitrogen and oxygen atoms in total. The normalized spacial score (nSPS) is 20.0. The maximum atomic E-state index is 13.1. The number of halogens is 1. The number of rotatable bonds is 6. The largest absolute Gasteiger partial charge is 0.484 e. The number of hydrogen-bond acceptors (Lipinski definition) is 6. The quantitative estimate of drug-likeness (QED) is 0.844. The first kappa shape index (κ1) is 18.3. The molecule has 2 heterocycles. The smallest absolute Gasteiger partial charge is 0.275 e. The second-order valence-corrected chi connectivity index (χ2v) is 6.37. The van der Waals surface area contributed by atoms with Crippen molar-refractivity contribution < 1.29 is 28.2 Å². The van der Waals surface area contributed by atoms with Crippen LogP contribution >= 0.6 is 0 Å². The Morgan fingerprint density at radius 1 is 1.46 bits per heavy atom. The minimum Gasteiger partial charge on any atom is -0.484 e. The van der Waals surface area contributed by atoms with Crippen LogP contribution in [-0.4, -0.2) is 52.3 Å². The summed E-state index contributed by atoms with van der Waals surface area (Å²) in [4.78, 5) is 18.1. The molecular weight excluding hydrogens is 343 g/mol. The number of carbonyl (C=O) groups excluding carboxylic acids is 1. The van der Waals surface area contributed by atoms with Gasteiger partial charge < -0.3 is 23.9 Å². The number of carbonyl (C=O) groups is 1. The van der Waals surface area contributed by atoms with Crippen molar-refractivity contribution in [2.75, 3.05) is 13.1 Å². The summed E-state index contributed by atoms with van der Waals surface area (Å²) in [7, 11) is 0. The first-order chi connectivity index (χ1) is 12.4. The molecule has 0 unspecified atom stereocenters. The molecule has 2 aromatic rings. The Balaban J connectivity index is 1.58. The van der Waals surface area contributed by atoms with Crippen LogP contribution in [0.3, 0.4) is 0 Å². The third-order valence-corrected chi connectivity index (χ3v) is 3.90. The summed E-state index contributed by atoms with van der Waals surface area (Å²) in [6.45, 7) is 4.19. The van der Waals surface area contributed by atoms with Crippen LogP contribution in [0.5, 0.6) is 5.75 Å². The average molecular weight is 364 g/mol. The fourth-order valence-electron chi connectivity index (χ4n) is 2.75. The highest BCUT2D eigenvalue weighted by Gasteiger charge is 2.36. The van der Waals surface area contributed by atoms with Gasteiger partial charge in [-0.15, -0.1) is 0 Å². The summed E-state index contributed by atoms with van der Waals surface area (Å²) in [6, 6.07) is 5.70. The van der Waals surface area contributed by atoms with Crippen molar-refractivity contribution in [1.29, 1.82) is 0 Å². The molecular formula is C18H21FN2O5. The van der Waals surface area contributed by atoms with Gasteiger partial charge >= 0.3 is 0 Å². The number of amides is 1. The highest BCUT2D eigenvalue weighted by molar-refractivity contribution is 5.92. The minimum atomic E-state index is -0.732. The number of aliphatic hydroxyl groups excluding tert-OH is 1. The summed E-state index contributed by atoms with van der Waals surface area (Å²) >= 11 is 0. The van der Waals surface area contributed by atoms with Gasteiger partial charge in [0, 0.05) is 19.2 Å². The molecule has 1 aliphatic rings. The topological polar surface area (TPSA) is 85.0 Å². The SMILES string of the molecule is CC(C)O[C@H]1CN(C(=O)c2coc(COc3cccc(F)c3)n2)C[C@@H]1O. The molecule has 1 saturated heterocycles. The van der Waals surface area contributed by atoms with E-state index >= 15 is 0 Å². The Labute approximate surface area is 150 Å². The van der Waals surface area contributed by atoms with Crippen LogP contribution in [0.15, 0.2) is 34.9 Å². The van der Waals surface area contributed by atoms with E-state index in [0.29, 0.717) is 12.3 Å². The van der Waals surface area contributed by atoms with Crippen molar-refractivity contribution in [3.8, 4) is 5.75 Å². The van der Waals surface area contributed by atoms with Gasteiger partial charge in [-0.05, 0) is 26.0 Å². The molecule has 8 heteroatoms. The van der Waals surface area contributed by atoms with E-state index in [4.69, 9.17) is 13.9 Å². The van der Waals surface area contributed by atoms with Gasteiger partial charge in [-0.1, -0.05) is 6.07 Å². The first-order valence-corrected chi connectivity index (χ1v) is 8.38. The summed E-state index contributed by atoms with van der Waals surface area (Å²) < 4.78 is 29.4. The average Bonchev–Trinajstić information content (AvgIpc) is 3.19. The minimum absolute atomic E-state index is 0.0293. The predicted molar refractivity (Wildman–Crippen MR) is 89.2 cm³/mol. The predicted octanol–water partition coefficient (Wildman–Crippen LogP) is 2.00. The van der Waals surface area contributed by atoms with Crippen LogP contribution in [-0.2, 0) is 11.3 Å². The Morgan fingerprint density at radius 3 is 3.00 bits per heavy atom. The Bertz CT molecular complexity index is 764. The zero-order valence-corrected chi connectivity index (χ0v) is 14.6. The van der Waals surface area contributed by atoms with Gasteiger partial charge in [0.1, 0.15) is 23.9 Å². The van der Waals surface area contributed by atoms with E-state index in [1.54, 1.807) is 6.07 Å². The van der Waals surface area contributed by atoms with Crippen molar-refractivity contribution in [3.05, 3.63) is 47.9 Å². The number of β-amino-alcohol motifs (C(OH)–C–C–N with tert-alkyl or cyclic N) is 1. The van der Waals surface area contributed by atoms with Crippen molar-refractivity contribution in [3.63, 3.8) is 0 Å². The van der Waals surface area contributed by atoms with E-state index < -0.39 is 18.0 Å². The molecule has 1 aliphatic heterocycles. The molecule has 1 N–H and O–H groups in total. The van der Waals surface area contributed by atoms with Crippen LogP contribution in [0.25, 0.3) is 0 Å². The molecule has 1 aromatic heterocycles. The number of likely N-dealkylation sites (tertiary alicyclic amines) is 1. The maximum absolute atomic E-state index is 13.1. The second-order valence-electron chi connectivity index (χ2n) is 6.37. The zero-order valence-electron chi connectivity index (χ0n) is 14.6. The van der Waals surface area contributed by atoms with E-state index in [2.05, 4.69) is 4.98 Å². The fraction of sp³-hybridized carbons (Fsp3) is 0.444. The molecule has 140 valence electrons. The maximum Gasteiger partial charge on any atom is 0.275 e. The summed E-state index contributed by atoms with van der Waals surface area (Å²) in [6.07, 6.45) is 0.0595. The van der Waals surface area contributed by atoms with E-state index in [9.17, 15) is 14.3 Å². The molecule has 0 aliphatic carbocycles. The van der Waals surface area contributed by atoms with Crippen LogP contribution < -0.4 is 4.74 Å². The molecule has 0 radical (unpaired) electrons. The monoisotopic (exact) mass is 364 g/mol. The van der Waals surface area contributed by atoms with E-state index in [-0.39, 0.29) is 36.7 Å². The summed E-state index contributed by atoms with van der Waals surface area (Å²) in [5, 5.41) is 10.0. The molecule has 3 rings (SSSR count). The highest BCUT2D eigenvalue weighted by Crippen LogP contribution is 2.19. The number of aliphatic hydroxyl groups is 1.